The van der Waals surface area contributed by atoms with Crippen LogP contribution in [0.1, 0.15) is 0 Å². The Morgan fingerprint density at radius 3 is 1.33 bits per heavy atom. The molecule has 0 fully saturated rings. The van der Waals surface area contributed by atoms with E-state index in [2.05, 4.69) is 225 Å². The van der Waals surface area contributed by atoms with Crippen LogP contribution in [0, 0.1) is 0 Å². The Bertz CT molecular complexity index is 3740. The molecule has 58 heavy (non-hydrogen) atoms. The van der Waals surface area contributed by atoms with Crippen LogP contribution in [0.5, 0.6) is 0 Å². The van der Waals surface area contributed by atoms with Gasteiger partial charge >= 0.3 is 0 Å². The third kappa shape index (κ3) is 4.18. The van der Waals surface area contributed by atoms with Crippen molar-refractivity contribution in [2.75, 3.05) is 0 Å². The van der Waals surface area contributed by atoms with E-state index in [0.29, 0.717) is 0 Å². The minimum atomic E-state index is 1.15. The molecule has 4 aromatic heterocycles. The SMILES string of the molecule is c1ccc(-n2c3ccccc3c3c(-n4c5ccccc5c5cccc(-n6c7ccccc7c7cc(-n8c9ccccc9c9ccccc98)ccc76)c54)cccc32)cc1. The van der Waals surface area contributed by atoms with Gasteiger partial charge in [0.25, 0.3) is 0 Å². The lowest BCUT2D eigenvalue weighted by Gasteiger charge is -2.16. The van der Waals surface area contributed by atoms with Crippen LogP contribution in [0.2, 0.25) is 0 Å². The summed E-state index contributed by atoms with van der Waals surface area (Å²) in [7, 11) is 0. The summed E-state index contributed by atoms with van der Waals surface area (Å²) >= 11 is 0. The van der Waals surface area contributed by atoms with Crippen LogP contribution < -0.4 is 0 Å². The second kappa shape index (κ2) is 11.8. The summed E-state index contributed by atoms with van der Waals surface area (Å²) in [5.74, 6) is 0. The third-order valence-electron chi connectivity index (χ3n) is 12.3. The minimum Gasteiger partial charge on any atom is -0.309 e. The lowest BCUT2D eigenvalue weighted by Crippen LogP contribution is -2.01. The van der Waals surface area contributed by atoms with E-state index in [4.69, 9.17) is 0 Å². The molecule has 0 aliphatic carbocycles. The van der Waals surface area contributed by atoms with Crippen LogP contribution in [0.25, 0.3) is 110 Å². The van der Waals surface area contributed by atoms with Crippen LogP contribution in [0.3, 0.4) is 0 Å². The first kappa shape index (κ1) is 31.4. The second-order valence-corrected chi connectivity index (χ2v) is 15.3. The molecule has 0 unspecified atom stereocenters. The zero-order valence-electron chi connectivity index (χ0n) is 31.4. The maximum atomic E-state index is 2.52. The molecule has 0 spiro atoms. The van der Waals surface area contributed by atoms with Gasteiger partial charge in [-0.3, -0.25) is 0 Å². The first-order chi connectivity index (χ1) is 28.8. The minimum absolute atomic E-state index is 1.15. The Hall–Kier alpha value is -7.82. The van der Waals surface area contributed by atoms with Gasteiger partial charge in [-0.15, -0.1) is 0 Å². The lowest BCUT2D eigenvalue weighted by molar-refractivity contribution is 1.13. The van der Waals surface area contributed by atoms with Gasteiger partial charge in [-0.25, -0.2) is 0 Å². The van der Waals surface area contributed by atoms with Crippen LogP contribution in [0.15, 0.2) is 206 Å². The predicted molar refractivity (Wildman–Crippen MR) is 244 cm³/mol. The summed E-state index contributed by atoms with van der Waals surface area (Å²) in [6.07, 6.45) is 0. The highest BCUT2D eigenvalue weighted by molar-refractivity contribution is 6.19. The van der Waals surface area contributed by atoms with Gasteiger partial charge in [0.15, 0.2) is 0 Å². The highest BCUT2D eigenvalue weighted by Crippen LogP contribution is 2.43. The van der Waals surface area contributed by atoms with Gasteiger partial charge in [0.05, 0.1) is 55.5 Å². The summed E-state index contributed by atoms with van der Waals surface area (Å²) in [4.78, 5) is 0. The monoisotopic (exact) mass is 738 g/mol. The number of hydrogen-bond acceptors (Lipinski definition) is 0. The van der Waals surface area contributed by atoms with Crippen molar-refractivity contribution in [3.8, 4) is 22.7 Å². The van der Waals surface area contributed by atoms with Crippen molar-refractivity contribution in [3.05, 3.63) is 206 Å². The largest absolute Gasteiger partial charge is 0.309 e. The molecule has 0 radical (unpaired) electrons. The fraction of sp³-hybridized carbons (Fsp3) is 0. The quantitative estimate of drug-likeness (QED) is 0.171. The van der Waals surface area contributed by atoms with Gasteiger partial charge in [-0.1, -0.05) is 127 Å². The fourth-order valence-corrected chi connectivity index (χ4v) is 10.0. The van der Waals surface area contributed by atoms with E-state index < -0.39 is 0 Å². The standard InChI is InChI=1S/C54H34N4/c1-2-16-35(17-3-1)55-48-28-13-8-22-42(48)53-50(55)29-15-30-51(53)58-47-27-12-6-20-39(47)41-23-14-31-52(54(41)58)57-46-26-11-7-21-40(46)43-34-36(32-33-49(43)57)56-44-24-9-4-18-37(44)38-19-5-10-25-45(38)56/h1-34H. The van der Waals surface area contributed by atoms with Crippen LogP contribution in [-0.2, 0) is 0 Å². The van der Waals surface area contributed by atoms with Crippen LogP contribution in [-0.4, -0.2) is 18.3 Å². The summed E-state index contributed by atoms with van der Waals surface area (Å²) in [5, 5.41) is 9.91. The molecule has 13 aromatic rings. The van der Waals surface area contributed by atoms with Crippen LogP contribution in [0.4, 0.5) is 0 Å². The van der Waals surface area contributed by atoms with E-state index in [1.165, 1.54) is 87.2 Å². The molecule has 0 aliphatic rings. The van der Waals surface area contributed by atoms with Crippen molar-refractivity contribution >= 4 is 87.2 Å². The normalized spacial score (nSPS) is 12.1. The van der Waals surface area contributed by atoms with Gasteiger partial charge in [0, 0.05) is 54.5 Å². The van der Waals surface area contributed by atoms with Gasteiger partial charge < -0.3 is 18.3 Å². The molecule has 4 heterocycles. The molecule has 9 aromatic carbocycles. The van der Waals surface area contributed by atoms with E-state index in [-0.39, 0.29) is 0 Å². The Morgan fingerprint density at radius 1 is 0.224 bits per heavy atom. The van der Waals surface area contributed by atoms with Crippen molar-refractivity contribution < 1.29 is 0 Å². The van der Waals surface area contributed by atoms with E-state index >= 15 is 0 Å². The number of para-hydroxylation sites is 7. The predicted octanol–water partition coefficient (Wildman–Crippen LogP) is 14.1. The van der Waals surface area contributed by atoms with Crippen molar-refractivity contribution in [1.82, 2.24) is 18.3 Å². The molecule has 4 heteroatoms. The first-order valence-electron chi connectivity index (χ1n) is 20.0. The summed E-state index contributed by atoms with van der Waals surface area (Å²) in [6, 6.07) is 75.4. The van der Waals surface area contributed by atoms with Crippen molar-refractivity contribution in [3.63, 3.8) is 0 Å². The van der Waals surface area contributed by atoms with Gasteiger partial charge in [-0.2, -0.15) is 0 Å². The highest BCUT2D eigenvalue weighted by Gasteiger charge is 2.23. The summed E-state index contributed by atoms with van der Waals surface area (Å²) in [5.41, 5.74) is 14.1. The van der Waals surface area contributed by atoms with E-state index in [1.54, 1.807) is 0 Å². The highest BCUT2D eigenvalue weighted by atomic mass is 15.1. The number of aromatic nitrogens is 4. The molecular weight excluding hydrogens is 705 g/mol. The second-order valence-electron chi connectivity index (χ2n) is 15.3. The molecule has 0 aliphatic heterocycles. The number of fused-ring (bicyclic) bond motifs is 12. The van der Waals surface area contributed by atoms with Gasteiger partial charge in [-0.05, 0) is 78.9 Å². The van der Waals surface area contributed by atoms with Gasteiger partial charge in [0.1, 0.15) is 0 Å². The van der Waals surface area contributed by atoms with Crippen molar-refractivity contribution in [2.45, 2.75) is 0 Å². The molecule has 4 nitrogen and oxygen atoms in total. The molecule has 0 saturated heterocycles. The Kier molecular flexibility index (Phi) is 6.41. The number of rotatable bonds is 4. The fourth-order valence-electron chi connectivity index (χ4n) is 10.0. The van der Waals surface area contributed by atoms with Crippen LogP contribution >= 0.6 is 0 Å². The molecule has 13 rings (SSSR count). The Morgan fingerprint density at radius 2 is 0.655 bits per heavy atom. The summed E-state index contributed by atoms with van der Waals surface area (Å²) in [6.45, 7) is 0. The summed E-state index contributed by atoms with van der Waals surface area (Å²) < 4.78 is 9.84. The zero-order valence-corrected chi connectivity index (χ0v) is 31.4. The molecule has 0 bridgehead atoms. The molecular formula is C54H34N4. The van der Waals surface area contributed by atoms with E-state index in [0.717, 1.165) is 22.7 Å². The maximum absolute atomic E-state index is 2.52. The average Bonchev–Trinajstić information content (AvgIpc) is 4.02. The smallest absolute Gasteiger partial charge is 0.0782 e. The van der Waals surface area contributed by atoms with Crippen molar-refractivity contribution in [1.29, 1.82) is 0 Å². The molecule has 0 saturated carbocycles. The van der Waals surface area contributed by atoms with E-state index in [9.17, 15) is 0 Å². The van der Waals surface area contributed by atoms with E-state index in [1.807, 2.05) is 0 Å². The Balaban J connectivity index is 1.13. The zero-order chi connectivity index (χ0) is 37.9. The number of nitrogens with zero attached hydrogens (tertiary/aromatic N) is 4. The topological polar surface area (TPSA) is 19.7 Å². The third-order valence-corrected chi connectivity index (χ3v) is 12.3. The first-order valence-corrected chi connectivity index (χ1v) is 20.0. The van der Waals surface area contributed by atoms with Crippen molar-refractivity contribution in [2.24, 2.45) is 0 Å². The van der Waals surface area contributed by atoms with Gasteiger partial charge in [0.2, 0.25) is 0 Å². The average molecular weight is 739 g/mol. The number of benzene rings is 9. The molecule has 270 valence electrons. The Labute approximate surface area is 333 Å². The number of hydrogen-bond donors (Lipinski definition) is 0. The molecule has 0 N–H and O–H groups in total. The maximum Gasteiger partial charge on any atom is 0.0782 e. The molecule has 0 atom stereocenters. The molecule has 0 amide bonds. The lowest BCUT2D eigenvalue weighted by atomic mass is 10.1.